The third-order valence-corrected chi connectivity index (χ3v) is 4.12. The highest BCUT2D eigenvalue weighted by molar-refractivity contribution is 7.89. The van der Waals surface area contributed by atoms with Crippen LogP contribution in [0.25, 0.3) is 0 Å². The second-order valence-corrected chi connectivity index (χ2v) is 7.24. The van der Waals surface area contributed by atoms with Crippen LogP contribution in [0, 0.1) is 0 Å². The van der Waals surface area contributed by atoms with Gasteiger partial charge in [0.1, 0.15) is 5.75 Å². The van der Waals surface area contributed by atoms with Gasteiger partial charge in [0.25, 0.3) is 5.91 Å². The summed E-state index contributed by atoms with van der Waals surface area (Å²) < 4.78 is 22.1. The molecule has 23 heavy (non-hydrogen) atoms. The SMILES string of the molecule is CCCN(CCC)C(=O)c1cc(C(=O)CS(N)(=O)=O)ccc1Cl. The van der Waals surface area contributed by atoms with Crippen LogP contribution in [0.5, 0.6) is 0 Å². The number of amides is 1. The molecular formula is C15H21ClN2O4S. The summed E-state index contributed by atoms with van der Waals surface area (Å²) in [4.78, 5) is 26.2. The van der Waals surface area contributed by atoms with E-state index in [0.29, 0.717) is 13.1 Å². The van der Waals surface area contributed by atoms with Crippen molar-refractivity contribution >= 4 is 33.3 Å². The molecule has 0 aliphatic rings. The first-order chi connectivity index (χ1) is 10.7. The van der Waals surface area contributed by atoms with Crippen LogP contribution in [0.15, 0.2) is 18.2 Å². The molecule has 0 atom stereocenters. The van der Waals surface area contributed by atoms with Crippen molar-refractivity contribution in [2.24, 2.45) is 5.14 Å². The van der Waals surface area contributed by atoms with Crippen molar-refractivity contribution in [3.8, 4) is 0 Å². The molecule has 128 valence electrons. The zero-order valence-electron chi connectivity index (χ0n) is 13.2. The minimum Gasteiger partial charge on any atom is -0.339 e. The predicted octanol–water partition coefficient (Wildman–Crippen LogP) is 2.07. The van der Waals surface area contributed by atoms with Gasteiger partial charge < -0.3 is 4.90 Å². The Bertz CT molecular complexity index is 683. The second-order valence-electron chi connectivity index (χ2n) is 5.22. The number of carbonyl (C=O) groups excluding carboxylic acids is 2. The summed E-state index contributed by atoms with van der Waals surface area (Å²) in [5.74, 6) is -1.75. The Labute approximate surface area is 141 Å². The number of nitrogens with two attached hydrogens (primary N) is 1. The highest BCUT2D eigenvalue weighted by Gasteiger charge is 2.20. The number of hydrogen-bond acceptors (Lipinski definition) is 4. The number of benzene rings is 1. The van der Waals surface area contributed by atoms with Gasteiger partial charge in [0.15, 0.2) is 5.78 Å². The number of rotatable bonds is 8. The minimum atomic E-state index is -3.93. The Hall–Kier alpha value is -1.44. The van der Waals surface area contributed by atoms with Crippen molar-refractivity contribution < 1.29 is 18.0 Å². The van der Waals surface area contributed by atoms with Gasteiger partial charge in [-0.1, -0.05) is 25.4 Å². The van der Waals surface area contributed by atoms with E-state index in [1.807, 2.05) is 13.8 Å². The highest BCUT2D eigenvalue weighted by Crippen LogP contribution is 2.20. The molecule has 0 saturated carbocycles. The number of carbonyl (C=O) groups is 2. The molecular weight excluding hydrogens is 340 g/mol. The quantitative estimate of drug-likeness (QED) is 0.717. The summed E-state index contributed by atoms with van der Waals surface area (Å²) in [5.41, 5.74) is 0.286. The van der Waals surface area contributed by atoms with Crippen molar-refractivity contribution in [1.29, 1.82) is 0 Å². The number of hydrogen-bond donors (Lipinski definition) is 1. The maximum Gasteiger partial charge on any atom is 0.255 e. The first-order valence-corrected chi connectivity index (χ1v) is 9.41. The van der Waals surface area contributed by atoms with Crippen LogP contribution in [-0.4, -0.2) is 43.9 Å². The average Bonchev–Trinajstić information content (AvgIpc) is 2.45. The van der Waals surface area contributed by atoms with E-state index in [9.17, 15) is 18.0 Å². The van der Waals surface area contributed by atoms with Gasteiger partial charge in [-0.15, -0.1) is 0 Å². The normalized spacial score (nSPS) is 11.3. The zero-order chi connectivity index (χ0) is 17.6. The van der Waals surface area contributed by atoms with Gasteiger partial charge in [0.05, 0.1) is 10.6 Å². The Balaban J connectivity index is 3.14. The molecule has 1 aromatic rings. The van der Waals surface area contributed by atoms with Crippen molar-refractivity contribution in [2.75, 3.05) is 18.8 Å². The predicted molar refractivity (Wildman–Crippen MR) is 90.2 cm³/mol. The number of halogens is 1. The Kier molecular flexibility index (Phi) is 7.18. The van der Waals surface area contributed by atoms with Crippen LogP contribution in [0.1, 0.15) is 47.4 Å². The summed E-state index contributed by atoms with van der Waals surface area (Å²) >= 11 is 6.07. The van der Waals surface area contributed by atoms with Crippen LogP contribution < -0.4 is 5.14 Å². The largest absolute Gasteiger partial charge is 0.339 e. The molecule has 0 saturated heterocycles. The van der Waals surface area contributed by atoms with Gasteiger partial charge >= 0.3 is 0 Å². The summed E-state index contributed by atoms with van der Waals surface area (Å²) in [6.07, 6.45) is 1.60. The van der Waals surface area contributed by atoms with Gasteiger partial charge in [0, 0.05) is 18.7 Å². The van der Waals surface area contributed by atoms with E-state index >= 15 is 0 Å². The smallest absolute Gasteiger partial charge is 0.255 e. The maximum absolute atomic E-state index is 12.6. The molecule has 8 heteroatoms. The number of ketones is 1. The maximum atomic E-state index is 12.6. The van der Waals surface area contributed by atoms with E-state index in [0.717, 1.165) is 12.8 Å². The highest BCUT2D eigenvalue weighted by atomic mass is 35.5. The Morgan fingerprint density at radius 3 is 2.22 bits per heavy atom. The number of sulfonamides is 1. The molecule has 1 amide bonds. The van der Waals surface area contributed by atoms with E-state index in [4.69, 9.17) is 16.7 Å². The number of nitrogens with zero attached hydrogens (tertiary/aromatic N) is 1. The van der Waals surface area contributed by atoms with Gasteiger partial charge in [-0.3, -0.25) is 9.59 Å². The second kappa shape index (κ2) is 8.42. The van der Waals surface area contributed by atoms with E-state index in [-0.39, 0.29) is 22.1 Å². The average molecular weight is 361 g/mol. The summed E-state index contributed by atoms with van der Waals surface area (Å²) in [6.45, 7) is 5.09. The van der Waals surface area contributed by atoms with Crippen LogP contribution in [0.2, 0.25) is 5.02 Å². The minimum absolute atomic E-state index is 0.0970. The van der Waals surface area contributed by atoms with Gasteiger partial charge in [-0.05, 0) is 31.0 Å². The van der Waals surface area contributed by atoms with Crippen LogP contribution in [-0.2, 0) is 10.0 Å². The van der Waals surface area contributed by atoms with Crippen LogP contribution >= 0.6 is 11.6 Å². The van der Waals surface area contributed by atoms with Gasteiger partial charge in [-0.2, -0.15) is 0 Å². The molecule has 0 aliphatic carbocycles. The molecule has 2 N–H and O–H groups in total. The lowest BCUT2D eigenvalue weighted by Gasteiger charge is -2.22. The molecule has 1 aromatic carbocycles. The lowest BCUT2D eigenvalue weighted by atomic mass is 10.1. The first kappa shape index (κ1) is 19.6. The molecule has 0 bridgehead atoms. The molecule has 1 rings (SSSR count). The summed E-state index contributed by atoms with van der Waals surface area (Å²) in [6, 6.07) is 4.13. The van der Waals surface area contributed by atoms with Crippen LogP contribution in [0.3, 0.4) is 0 Å². The van der Waals surface area contributed by atoms with Crippen molar-refractivity contribution in [3.63, 3.8) is 0 Å². The standard InChI is InChI=1S/C15H21ClN2O4S/c1-3-7-18(8-4-2)15(20)12-9-11(5-6-13(12)16)14(19)10-23(17,21)22/h5-6,9H,3-4,7-8,10H2,1-2H3,(H2,17,21,22). The monoisotopic (exact) mass is 360 g/mol. The van der Waals surface area contributed by atoms with Crippen molar-refractivity contribution in [2.45, 2.75) is 26.7 Å². The van der Waals surface area contributed by atoms with E-state index in [2.05, 4.69) is 0 Å². The van der Waals surface area contributed by atoms with E-state index < -0.39 is 21.6 Å². The first-order valence-electron chi connectivity index (χ1n) is 7.32. The fourth-order valence-corrected chi connectivity index (χ4v) is 2.88. The summed E-state index contributed by atoms with van der Waals surface area (Å²) in [7, 11) is -3.93. The number of primary sulfonamides is 1. The molecule has 0 heterocycles. The fraction of sp³-hybridized carbons (Fsp3) is 0.467. The molecule has 0 radical (unpaired) electrons. The van der Waals surface area contributed by atoms with Crippen molar-refractivity contribution in [1.82, 2.24) is 4.90 Å². The lowest BCUT2D eigenvalue weighted by Crippen LogP contribution is -2.33. The third-order valence-electron chi connectivity index (χ3n) is 3.13. The van der Waals surface area contributed by atoms with Gasteiger partial charge in [-0.25, -0.2) is 13.6 Å². The summed E-state index contributed by atoms with van der Waals surface area (Å²) in [5, 5.41) is 5.10. The molecule has 0 fully saturated rings. The molecule has 0 unspecified atom stereocenters. The third kappa shape index (κ3) is 5.93. The zero-order valence-corrected chi connectivity index (χ0v) is 14.8. The molecule has 0 aromatic heterocycles. The lowest BCUT2D eigenvalue weighted by molar-refractivity contribution is 0.0755. The van der Waals surface area contributed by atoms with Crippen LogP contribution in [0.4, 0.5) is 0 Å². The molecule has 0 spiro atoms. The van der Waals surface area contributed by atoms with Gasteiger partial charge in [0.2, 0.25) is 10.0 Å². The van der Waals surface area contributed by atoms with E-state index in [1.165, 1.54) is 18.2 Å². The Morgan fingerprint density at radius 1 is 1.17 bits per heavy atom. The molecule has 6 nitrogen and oxygen atoms in total. The number of Topliss-reactive ketones (excluding diaryl/α,β-unsaturated/α-hetero) is 1. The molecule has 0 aliphatic heterocycles. The fourth-order valence-electron chi connectivity index (χ4n) is 2.15. The Morgan fingerprint density at radius 2 is 1.74 bits per heavy atom. The topological polar surface area (TPSA) is 97.5 Å². The van der Waals surface area contributed by atoms with Crippen molar-refractivity contribution in [3.05, 3.63) is 34.3 Å². The van der Waals surface area contributed by atoms with E-state index in [1.54, 1.807) is 4.90 Å².